The van der Waals surface area contributed by atoms with Crippen LogP contribution >= 0.6 is 15.9 Å². The lowest BCUT2D eigenvalue weighted by Gasteiger charge is -2.26. The molecule has 0 bridgehead atoms. The van der Waals surface area contributed by atoms with Crippen molar-refractivity contribution >= 4 is 48.2 Å². The van der Waals surface area contributed by atoms with Crippen LogP contribution in [0.2, 0.25) is 0 Å². The van der Waals surface area contributed by atoms with Gasteiger partial charge in [0.15, 0.2) is 0 Å². The van der Waals surface area contributed by atoms with E-state index in [0.717, 1.165) is 36.8 Å². The van der Waals surface area contributed by atoms with Crippen molar-refractivity contribution in [3.8, 4) is 0 Å². The molecule has 5 aromatic carbocycles. The second-order valence-corrected chi connectivity index (χ2v) is 8.70. The predicted molar refractivity (Wildman–Crippen MR) is 137 cm³/mol. The molecule has 0 nitrogen and oxygen atoms in total. The number of halogens is 1. The zero-order valence-corrected chi connectivity index (χ0v) is 18.4. The van der Waals surface area contributed by atoms with E-state index in [2.05, 4.69) is 15.9 Å². The molecule has 0 amide bonds. The number of hydrogen-bond donors (Lipinski definition) is 0. The van der Waals surface area contributed by atoms with Gasteiger partial charge < -0.3 is 0 Å². The topological polar surface area (TPSA) is 0 Å². The standard InChI is InChI=1S/C30H23Br/c31-30-27-11-5-3-9-25(27)29(26-10-4-6-12-28(26)30)22-16-13-21(14-17-22)24-18-15-20-7-1-2-8-23(20)19-24/h1-13,15-16,18-19,21-22H,14,17H2/i14D2,17D2,22D. The molecule has 0 spiro atoms. The summed E-state index contributed by atoms with van der Waals surface area (Å²) in [6.07, 6.45) is -1.61. The smallest absolute Gasteiger partial charge is 0.0396 e. The second kappa shape index (κ2) is 7.66. The molecule has 150 valence electrons. The maximum absolute atomic E-state index is 9.62. The van der Waals surface area contributed by atoms with Crippen LogP contribution in [-0.2, 0) is 0 Å². The monoisotopic (exact) mass is 467 g/mol. The summed E-state index contributed by atoms with van der Waals surface area (Å²) in [5.74, 6) is -2.78. The van der Waals surface area contributed by atoms with Gasteiger partial charge in [-0.3, -0.25) is 0 Å². The average molecular weight is 468 g/mol. The first-order valence-electron chi connectivity index (χ1n) is 12.9. The normalized spacial score (nSPS) is 26.7. The summed E-state index contributed by atoms with van der Waals surface area (Å²) in [5.41, 5.74) is 1.19. The van der Waals surface area contributed by atoms with Gasteiger partial charge in [-0.05, 0) is 72.1 Å². The third kappa shape index (κ3) is 3.20. The van der Waals surface area contributed by atoms with Gasteiger partial charge in [-0.1, -0.05) is 103 Å². The number of rotatable bonds is 2. The van der Waals surface area contributed by atoms with E-state index >= 15 is 0 Å². The van der Waals surface area contributed by atoms with E-state index in [-0.39, 0.29) is 0 Å². The van der Waals surface area contributed by atoms with Gasteiger partial charge in [-0.15, -0.1) is 0 Å². The van der Waals surface area contributed by atoms with E-state index in [1.54, 1.807) is 12.2 Å². The Labute approximate surface area is 198 Å². The molecular weight excluding hydrogens is 440 g/mol. The highest BCUT2D eigenvalue weighted by molar-refractivity contribution is 9.10. The van der Waals surface area contributed by atoms with Gasteiger partial charge in [-0.25, -0.2) is 0 Å². The molecule has 2 unspecified atom stereocenters. The molecule has 1 aliphatic rings. The Balaban J connectivity index is 1.63. The van der Waals surface area contributed by atoms with E-state index < -0.39 is 24.6 Å². The van der Waals surface area contributed by atoms with E-state index in [4.69, 9.17) is 2.74 Å². The first kappa shape index (κ1) is 14.2. The molecular formula is C30H23Br. The molecule has 0 heterocycles. The molecule has 0 N–H and O–H groups in total. The van der Waals surface area contributed by atoms with Crippen molar-refractivity contribution in [1.82, 2.24) is 0 Å². The first-order valence-corrected chi connectivity index (χ1v) is 11.2. The van der Waals surface area contributed by atoms with Crippen molar-refractivity contribution < 1.29 is 6.85 Å². The zero-order chi connectivity index (χ0) is 25.3. The molecule has 5 aromatic rings. The molecule has 2 atom stereocenters. The summed E-state index contributed by atoms with van der Waals surface area (Å²) in [6.45, 7) is 0. The summed E-state index contributed by atoms with van der Waals surface area (Å²) in [6, 6.07) is 28.9. The van der Waals surface area contributed by atoms with Crippen molar-refractivity contribution in [3.05, 3.63) is 119 Å². The lowest BCUT2D eigenvalue weighted by atomic mass is 9.78. The van der Waals surface area contributed by atoms with E-state index in [1.807, 2.05) is 91.0 Å². The van der Waals surface area contributed by atoms with Gasteiger partial charge >= 0.3 is 0 Å². The van der Waals surface area contributed by atoms with Crippen LogP contribution in [0, 0.1) is 0 Å². The lowest BCUT2D eigenvalue weighted by Crippen LogP contribution is -2.08. The number of allylic oxidation sites excluding steroid dienone is 2. The summed E-state index contributed by atoms with van der Waals surface area (Å²) in [7, 11) is 0. The SMILES string of the molecule is [2H]C1(c2c3ccccc3c(Br)c3ccccc23)C=CC(c2ccc3ccccc3c2)C([2H])([2H])C1([2H])[2H]. The summed E-state index contributed by atoms with van der Waals surface area (Å²) in [5, 5.41) is 5.26. The predicted octanol–water partition coefficient (Wildman–Crippen LogP) is 9.13. The van der Waals surface area contributed by atoms with Gasteiger partial charge in [0, 0.05) is 23.1 Å². The number of hydrogen-bond acceptors (Lipinski definition) is 0. The number of fused-ring (bicyclic) bond motifs is 3. The summed E-state index contributed by atoms with van der Waals surface area (Å²) in [4.78, 5) is 0. The Morgan fingerprint density at radius 2 is 1.29 bits per heavy atom. The van der Waals surface area contributed by atoms with Crippen molar-refractivity contribution in [3.63, 3.8) is 0 Å². The Morgan fingerprint density at radius 1 is 0.677 bits per heavy atom. The van der Waals surface area contributed by atoms with Crippen LogP contribution in [0.3, 0.4) is 0 Å². The van der Waals surface area contributed by atoms with Gasteiger partial charge in [0.05, 0.1) is 0 Å². The van der Waals surface area contributed by atoms with Crippen LogP contribution in [0.25, 0.3) is 32.3 Å². The molecule has 31 heavy (non-hydrogen) atoms. The van der Waals surface area contributed by atoms with Gasteiger partial charge in [-0.2, -0.15) is 0 Å². The fourth-order valence-corrected chi connectivity index (χ4v) is 5.24. The highest BCUT2D eigenvalue weighted by Crippen LogP contribution is 2.44. The minimum Gasteiger partial charge on any atom is -0.0804 e. The Hall–Kier alpha value is -2.90. The third-order valence-corrected chi connectivity index (χ3v) is 6.94. The Bertz CT molecular complexity index is 1630. The van der Waals surface area contributed by atoms with Crippen LogP contribution in [0.5, 0.6) is 0 Å². The fourth-order valence-electron chi connectivity index (χ4n) is 4.54. The van der Waals surface area contributed by atoms with Gasteiger partial charge in [0.25, 0.3) is 0 Å². The molecule has 1 heteroatoms. The van der Waals surface area contributed by atoms with Crippen molar-refractivity contribution in [1.29, 1.82) is 0 Å². The van der Waals surface area contributed by atoms with Crippen LogP contribution in [-0.4, -0.2) is 0 Å². The van der Waals surface area contributed by atoms with Crippen LogP contribution in [0.15, 0.2) is 108 Å². The molecule has 0 saturated heterocycles. The Kier molecular flexibility index (Phi) is 3.51. The fraction of sp³-hybridized carbons (Fsp3) is 0.133. The lowest BCUT2D eigenvalue weighted by molar-refractivity contribution is 0.605. The molecule has 0 saturated carbocycles. The van der Waals surface area contributed by atoms with E-state index in [9.17, 15) is 4.11 Å². The van der Waals surface area contributed by atoms with Crippen LogP contribution in [0.4, 0.5) is 0 Å². The van der Waals surface area contributed by atoms with Crippen molar-refractivity contribution in [2.45, 2.75) is 24.6 Å². The zero-order valence-electron chi connectivity index (χ0n) is 21.8. The Morgan fingerprint density at radius 3 is 2.00 bits per heavy atom. The van der Waals surface area contributed by atoms with E-state index in [0.29, 0.717) is 11.1 Å². The van der Waals surface area contributed by atoms with Gasteiger partial charge in [0.1, 0.15) is 0 Å². The van der Waals surface area contributed by atoms with Gasteiger partial charge in [0.2, 0.25) is 0 Å². The van der Waals surface area contributed by atoms with E-state index in [1.165, 1.54) is 0 Å². The average Bonchev–Trinajstić information content (AvgIpc) is 2.88. The van der Waals surface area contributed by atoms with Crippen LogP contribution < -0.4 is 0 Å². The van der Waals surface area contributed by atoms with Crippen molar-refractivity contribution in [2.24, 2.45) is 0 Å². The summed E-state index contributed by atoms with van der Waals surface area (Å²) < 4.78 is 47.1. The minimum absolute atomic E-state index is 0.485. The maximum Gasteiger partial charge on any atom is 0.0396 e. The highest BCUT2D eigenvalue weighted by Gasteiger charge is 2.23. The largest absolute Gasteiger partial charge is 0.0804 e. The van der Waals surface area contributed by atoms with Crippen LogP contribution in [0.1, 0.15) is 42.5 Å². The molecule has 6 rings (SSSR count). The molecule has 1 aliphatic carbocycles. The first-order chi connectivity index (χ1) is 17.2. The minimum atomic E-state index is -2.54. The molecule has 0 aliphatic heterocycles. The molecule has 0 aromatic heterocycles. The highest BCUT2D eigenvalue weighted by atomic mass is 79.9. The molecule has 0 fully saturated rings. The molecule has 0 radical (unpaired) electrons. The third-order valence-electron chi connectivity index (χ3n) is 6.09. The summed E-state index contributed by atoms with van der Waals surface area (Å²) >= 11 is 3.72. The number of benzene rings is 5. The quantitative estimate of drug-likeness (QED) is 0.179. The second-order valence-electron chi connectivity index (χ2n) is 7.91. The van der Waals surface area contributed by atoms with Crippen molar-refractivity contribution in [2.75, 3.05) is 0 Å². The maximum atomic E-state index is 9.62.